The first-order valence-electron chi connectivity index (χ1n) is 7.04. The highest BCUT2D eigenvalue weighted by atomic mass is 19.1. The van der Waals surface area contributed by atoms with Crippen LogP contribution in [0.5, 0.6) is 0 Å². The molecule has 1 aliphatic heterocycles. The molecule has 6 nitrogen and oxygen atoms in total. The number of aromatic amines is 1. The SMILES string of the molecule is O=C(CO)N1CCN(C(=O)c2cc3cc(F)ccc3[nH]2)CC1. The number of nitrogens with zero attached hydrogens (tertiary/aromatic N) is 2. The van der Waals surface area contributed by atoms with E-state index in [4.69, 9.17) is 5.11 Å². The summed E-state index contributed by atoms with van der Waals surface area (Å²) >= 11 is 0. The van der Waals surface area contributed by atoms with Gasteiger partial charge in [0.2, 0.25) is 5.91 Å². The van der Waals surface area contributed by atoms with Gasteiger partial charge >= 0.3 is 0 Å². The van der Waals surface area contributed by atoms with Crippen molar-refractivity contribution in [1.29, 1.82) is 0 Å². The van der Waals surface area contributed by atoms with Gasteiger partial charge in [0.25, 0.3) is 5.91 Å². The maximum atomic E-state index is 13.2. The van der Waals surface area contributed by atoms with Gasteiger partial charge in [0.15, 0.2) is 0 Å². The maximum absolute atomic E-state index is 13.2. The average Bonchev–Trinajstić information content (AvgIpc) is 2.96. The number of aliphatic hydroxyl groups excluding tert-OH is 1. The van der Waals surface area contributed by atoms with E-state index in [0.717, 1.165) is 0 Å². The molecule has 0 unspecified atom stereocenters. The van der Waals surface area contributed by atoms with Gasteiger partial charge in [-0.2, -0.15) is 0 Å². The molecule has 22 heavy (non-hydrogen) atoms. The van der Waals surface area contributed by atoms with E-state index in [1.165, 1.54) is 17.0 Å². The van der Waals surface area contributed by atoms with Crippen LogP contribution < -0.4 is 0 Å². The highest BCUT2D eigenvalue weighted by molar-refractivity contribution is 5.98. The number of piperazine rings is 1. The number of amides is 2. The van der Waals surface area contributed by atoms with Gasteiger partial charge < -0.3 is 19.9 Å². The molecule has 1 aromatic carbocycles. The Morgan fingerprint density at radius 2 is 1.82 bits per heavy atom. The molecule has 7 heteroatoms. The van der Waals surface area contributed by atoms with Crippen LogP contribution in [0.3, 0.4) is 0 Å². The number of nitrogens with one attached hydrogen (secondary N) is 1. The number of H-pyrrole nitrogens is 1. The molecule has 0 spiro atoms. The Kier molecular flexibility index (Phi) is 3.81. The number of hydrogen-bond acceptors (Lipinski definition) is 3. The molecule has 2 N–H and O–H groups in total. The minimum absolute atomic E-state index is 0.173. The number of aromatic nitrogens is 1. The van der Waals surface area contributed by atoms with Gasteiger partial charge in [0.05, 0.1) is 0 Å². The normalized spacial score (nSPS) is 15.4. The van der Waals surface area contributed by atoms with E-state index in [0.29, 0.717) is 42.8 Å². The molecule has 2 heterocycles. The van der Waals surface area contributed by atoms with E-state index in [2.05, 4.69) is 4.98 Å². The first-order chi connectivity index (χ1) is 10.6. The van der Waals surface area contributed by atoms with Crippen molar-refractivity contribution in [2.24, 2.45) is 0 Å². The number of hydrogen-bond donors (Lipinski definition) is 2. The van der Waals surface area contributed by atoms with Gasteiger partial charge in [-0.05, 0) is 24.3 Å². The van der Waals surface area contributed by atoms with Crippen LogP contribution in [0.15, 0.2) is 24.3 Å². The molecule has 0 atom stereocenters. The minimum Gasteiger partial charge on any atom is -0.387 e. The van der Waals surface area contributed by atoms with Gasteiger partial charge in [-0.3, -0.25) is 9.59 Å². The van der Waals surface area contributed by atoms with Gasteiger partial charge in [0.1, 0.15) is 18.1 Å². The molecule has 3 rings (SSSR count). The summed E-state index contributed by atoms with van der Waals surface area (Å²) in [6, 6.07) is 5.94. The zero-order chi connectivity index (χ0) is 15.7. The summed E-state index contributed by atoms with van der Waals surface area (Å²) in [6.07, 6.45) is 0. The molecular formula is C15H16FN3O3. The largest absolute Gasteiger partial charge is 0.387 e. The lowest BCUT2D eigenvalue weighted by Gasteiger charge is -2.34. The van der Waals surface area contributed by atoms with Crippen molar-refractivity contribution in [3.05, 3.63) is 35.8 Å². The number of fused-ring (bicyclic) bond motifs is 1. The summed E-state index contributed by atoms with van der Waals surface area (Å²) in [4.78, 5) is 30.0. The second kappa shape index (κ2) is 5.76. The fraction of sp³-hybridized carbons (Fsp3) is 0.333. The Morgan fingerprint density at radius 1 is 1.14 bits per heavy atom. The molecule has 0 radical (unpaired) electrons. The molecule has 1 aliphatic rings. The number of carbonyl (C=O) groups is 2. The molecule has 116 valence electrons. The Morgan fingerprint density at radius 3 is 2.50 bits per heavy atom. The van der Waals surface area contributed by atoms with E-state index < -0.39 is 6.61 Å². The van der Waals surface area contributed by atoms with Crippen LogP contribution in [0.4, 0.5) is 4.39 Å². The molecule has 1 saturated heterocycles. The van der Waals surface area contributed by atoms with Crippen LogP contribution in [0.2, 0.25) is 0 Å². The summed E-state index contributed by atoms with van der Waals surface area (Å²) in [5.41, 5.74) is 1.11. The number of carbonyl (C=O) groups excluding carboxylic acids is 2. The molecule has 2 aromatic rings. The number of benzene rings is 1. The summed E-state index contributed by atoms with van der Waals surface area (Å²) < 4.78 is 13.2. The first kappa shape index (κ1) is 14.5. The van der Waals surface area contributed by atoms with Gasteiger partial charge in [-0.1, -0.05) is 0 Å². The van der Waals surface area contributed by atoms with Crippen LogP contribution in [0.25, 0.3) is 10.9 Å². The Hall–Kier alpha value is -2.41. The Labute approximate surface area is 126 Å². The van der Waals surface area contributed by atoms with Crippen LogP contribution in [-0.4, -0.2) is 64.5 Å². The Bertz CT molecular complexity index is 720. The van der Waals surface area contributed by atoms with Crippen molar-refractivity contribution in [3.8, 4) is 0 Å². The predicted molar refractivity (Wildman–Crippen MR) is 77.8 cm³/mol. The molecule has 1 fully saturated rings. The standard InChI is InChI=1S/C15H16FN3O3/c16-11-1-2-12-10(7-11)8-13(17-12)15(22)19-5-3-18(4-6-19)14(21)9-20/h1-2,7-8,17,20H,3-6,9H2. The summed E-state index contributed by atoms with van der Waals surface area (Å²) in [7, 11) is 0. The van der Waals surface area contributed by atoms with E-state index in [1.807, 2.05) is 0 Å². The molecular weight excluding hydrogens is 289 g/mol. The van der Waals surface area contributed by atoms with Crippen LogP contribution in [0, 0.1) is 5.82 Å². The first-order valence-corrected chi connectivity index (χ1v) is 7.04. The summed E-state index contributed by atoms with van der Waals surface area (Å²) in [5.74, 6) is -0.845. The van der Waals surface area contributed by atoms with Gasteiger partial charge in [0, 0.05) is 37.1 Å². The van der Waals surface area contributed by atoms with E-state index in [-0.39, 0.29) is 17.6 Å². The van der Waals surface area contributed by atoms with Crippen LogP contribution >= 0.6 is 0 Å². The van der Waals surface area contributed by atoms with Gasteiger partial charge in [-0.15, -0.1) is 0 Å². The predicted octanol–water partition coefficient (Wildman–Crippen LogP) is 0.584. The van der Waals surface area contributed by atoms with Crippen LogP contribution in [0.1, 0.15) is 10.5 Å². The van der Waals surface area contributed by atoms with Crippen molar-refractivity contribution in [2.45, 2.75) is 0 Å². The lowest BCUT2D eigenvalue weighted by atomic mass is 10.2. The van der Waals surface area contributed by atoms with E-state index in [1.54, 1.807) is 17.0 Å². The second-order valence-electron chi connectivity index (χ2n) is 5.25. The number of rotatable bonds is 2. The van der Waals surface area contributed by atoms with E-state index in [9.17, 15) is 14.0 Å². The molecule has 1 aromatic heterocycles. The van der Waals surface area contributed by atoms with Crippen molar-refractivity contribution < 1.29 is 19.1 Å². The topological polar surface area (TPSA) is 76.6 Å². The molecule has 0 saturated carbocycles. The van der Waals surface area contributed by atoms with Crippen molar-refractivity contribution in [1.82, 2.24) is 14.8 Å². The maximum Gasteiger partial charge on any atom is 0.270 e. The average molecular weight is 305 g/mol. The molecule has 0 bridgehead atoms. The van der Waals surface area contributed by atoms with Crippen LogP contribution in [-0.2, 0) is 4.79 Å². The molecule has 2 amide bonds. The quantitative estimate of drug-likeness (QED) is 0.852. The highest BCUT2D eigenvalue weighted by Gasteiger charge is 2.25. The smallest absolute Gasteiger partial charge is 0.270 e. The third-order valence-electron chi connectivity index (χ3n) is 3.87. The third-order valence-corrected chi connectivity index (χ3v) is 3.87. The highest BCUT2D eigenvalue weighted by Crippen LogP contribution is 2.18. The fourth-order valence-corrected chi connectivity index (χ4v) is 2.65. The van der Waals surface area contributed by atoms with E-state index >= 15 is 0 Å². The zero-order valence-electron chi connectivity index (χ0n) is 11.9. The zero-order valence-corrected chi connectivity index (χ0v) is 11.9. The Balaban J connectivity index is 1.72. The monoisotopic (exact) mass is 305 g/mol. The molecule has 0 aliphatic carbocycles. The third kappa shape index (κ3) is 2.67. The minimum atomic E-state index is -0.512. The van der Waals surface area contributed by atoms with Crippen molar-refractivity contribution >= 4 is 22.7 Å². The number of aliphatic hydroxyl groups is 1. The van der Waals surface area contributed by atoms with Crippen molar-refractivity contribution in [2.75, 3.05) is 32.8 Å². The second-order valence-corrected chi connectivity index (χ2v) is 5.25. The summed E-state index contributed by atoms with van der Waals surface area (Å²) in [5, 5.41) is 9.49. The summed E-state index contributed by atoms with van der Waals surface area (Å²) in [6.45, 7) is 1.12. The lowest BCUT2D eigenvalue weighted by Crippen LogP contribution is -2.51. The number of halogens is 1. The van der Waals surface area contributed by atoms with Gasteiger partial charge in [-0.25, -0.2) is 4.39 Å². The van der Waals surface area contributed by atoms with Crippen molar-refractivity contribution in [3.63, 3.8) is 0 Å². The fourth-order valence-electron chi connectivity index (χ4n) is 2.65. The lowest BCUT2D eigenvalue weighted by molar-refractivity contribution is -0.135.